The minimum absolute atomic E-state index is 0.0931. The number of anilines is 1. The molecule has 7 heteroatoms. The van der Waals surface area contributed by atoms with Gasteiger partial charge < -0.3 is 9.80 Å². The number of hydrogen-bond acceptors (Lipinski definition) is 5. The molecule has 0 atom stereocenters. The topological polar surface area (TPSA) is 76.1 Å². The lowest BCUT2D eigenvalue weighted by molar-refractivity contribution is -0.136. The van der Waals surface area contributed by atoms with Gasteiger partial charge in [-0.05, 0) is 36.8 Å². The molecule has 7 nitrogen and oxygen atoms in total. The largest absolute Gasteiger partial charge is 0.369 e. The van der Waals surface area contributed by atoms with Crippen molar-refractivity contribution < 1.29 is 14.8 Å². The van der Waals surface area contributed by atoms with E-state index in [1.165, 1.54) is 5.69 Å². The molecule has 2 saturated heterocycles. The van der Waals surface area contributed by atoms with Crippen LogP contribution in [0.5, 0.6) is 0 Å². The summed E-state index contributed by atoms with van der Waals surface area (Å²) in [6.07, 6.45) is 3.12. The number of carbonyl (C=O) groups is 2. The highest BCUT2D eigenvalue weighted by atomic mass is 16.5. The molecule has 0 radical (unpaired) electrons. The van der Waals surface area contributed by atoms with Crippen LogP contribution in [0.4, 0.5) is 5.69 Å². The fourth-order valence-electron chi connectivity index (χ4n) is 4.57. The molecule has 2 fully saturated rings. The van der Waals surface area contributed by atoms with E-state index in [1.807, 2.05) is 30.9 Å². The molecule has 2 amide bonds. The van der Waals surface area contributed by atoms with E-state index in [1.54, 1.807) is 5.48 Å². The summed E-state index contributed by atoms with van der Waals surface area (Å²) < 4.78 is 0. The number of hydrogen-bond donors (Lipinski definition) is 2. The molecule has 1 aromatic carbocycles. The second kappa shape index (κ2) is 10.8. The molecule has 30 heavy (non-hydrogen) atoms. The van der Waals surface area contributed by atoms with Crippen molar-refractivity contribution in [3.8, 4) is 0 Å². The number of amides is 2. The monoisotopic (exact) mass is 416 g/mol. The van der Waals surface area contributed by atoms with Crippen LogP contribution in [0.25, 0.3) is 0 Å². The van der Waals surface area contributed by atoms with E-state index in [0.717, 1.165) is 64.2 Å². The fourth-order valence-corrected chi connectivity index (χ4v) is 4.57. The third-order valence-electron chi connectivity index (χ3n) is 6.39. The van der Waals surface area contributed by atoms with Crippen LogP contribution in [-0.4, -0.2) is 72.6 Å². The van der Waals surface area contributed by atoms with Crippen LogP contribution in [-0.2, 0) is 16.0 Å². The molecule has 2 heterocycles. The highest BCUT2D eigenvalue weighted by Gasteiger charge is 2.27. The summed E-state index contributed by atoms with van der Waals surface area (Å²) in [5, 5.41) is 8.73. The predicted octanol–water partition coefficient (Wildman–Crippen LogP) is 2.14. The summed E-state index contributed by atoms with van der Waals surface area (Å²) in [6.45, 7) is 10.9. The van der Waals surface area contributed by atoms with Crippen molar-refractivity contribution in [2.75, 3.05) is 50.7 Å². The van der Waals surface area contributed by atoms with Gasteiger partial charge in [-0.2, -0.15) is 0 Å². The SMILES string of the molecule is CC(C)C(=O)N1CCC(CN2CCN(c3ccccc3CCC(=O)NO)CC2)CC1. The van der Waals surface area contributed by atoms with Crippen molar-refractivity contribution in [1.29, 1.82) is 0 Å². The zero-order valence-electron chi connectivity index (χ0n) is 18.3. The number of carbonyl (C=O) groups excluding carboxylic acids is 2. The lowest BCUT2D eigenvalue weighted by Crippen LogP contribution is -2.49. The van der Waals surface area contributed by atoms with Gasteiger partial charge >= 0.3 is 0 Å². The molecule has 0 unspecified atom stereocenters. The van der Waals surface area contributed by atoms with Crippen molar-refractivity contribution >= 4 is 17.5 Å². The Morgan fingerprint density at radius 3 is 2.37 bits per heavy atom. The molecule has 0 spiro atoms. The average molecular weight is 417 g/mol. The van der Waals surface area contributed by atoms with Crippen molar-refractivity contribution in [2.45, 2.75) is 39.5 Å². The van der Waals surface area contributed by atoms with Gasteiger partial charge in [0.1, 0.15) is 0 Å². The van der Waals surface area contributed by atoms with Gasteiger partial charge in [0.05, 0.1) is 0 Å². The first-order valence-corrected chi connectivity index (χ1v) is 11.2. The highest BCUT2D eigenvalue weighted by molar-refractivity contribution is 5.78. The summed E-state index contributed by atoms with van der Waals surface area (Å²) in [5.41, 5.74) is 4.06. The van der Waals surface area contributed by atoms with E-state index in [9.17, 15) is 9.59 Å². The summed E-state index contributed by atoms with van der Waals surface area (Å²) in [5.74, 6) is 0.709. The number of aryl methyl sites for hydroxylation is 1. The fraction of sp³-hybridized carbons (Fsp3) is 0.652. The first-order valence-electron chi connectivity index (χ1n) is 11.2. The van der Waals surface area contributed by atoms with Crippen molar-refractivity contribution in [3.05, 3.63) is 29.8 Å². The molecule has 0 bridgehead atoms. The average Bonchev–Trinajstić information content (AvgIpc) is 2.78. The van der Waals surface area contributed by atoms with E-state index in [2.05, 4.69) is 21.9 Å². The van der Waals surface area contributed by atoms with E-state index in [0.29, 0.717) is 12.3 Å². The standard InChI is InChI=1S/C23H36N4O3/c1-18(2)23(29)27-11-9-19(10-12-27)17-25-13-15-26(16-14-25)21-6-4-3-5-20(21)7-8-22(28)24-30/h3-6,18-19,30H,7-17H2,1-2H3,(H,24,28). The van der Waals surface area contributed by atoms with Crippen molar-refractivity contribution in [3.63, 3.8) is 0 Å². The van der Waals surface area contributed by atoms with Crippen LogP contribution in [0.15, 0.2) is 24.3 Å². The van der Waals surface area contributed by atoms with Gasteiger partial charge in [0.15, 0.2) is 0 Å². The number of para-hydroxylation sites is 1. The van der Waals surface area contributed by atoms with Gasteiger partial charge in [-0.3, -0.25) is 19.7 Å². The van der Waals surface area contributed by atoms with Crippen molar-refractivity contribution in [1.82, 2.24) is 15.3 Å². The number of nitrogens with one attached hydrogen (secondary N) is 1. The maximum Gasteiger partial charge on any atom is 0.243 e. The molecule has 2 aliphatic rings. The smallest absolute Gasteiger partial charge is 0.243 e. The molecule has 2 aliphatic heterocycles. The highest BCUT2D eigenvalue weighted by Crippen LogP contribution is 2.25. The molecule has 3 rings (SSSR count). The Bertz CT molecular complexity index is 708. The quantitative estimate of drug-likeness (QED) is 0.526. The molecule has 1 aromatic rings. The lowest BCUT2D eigenvalue weighted by atomic mass is 9.95. The Labute approximate surface area is 180 Å². The van der Waals surface area contributed by atoms with Crippen LogP contribution in [0.2, 0.25) is 0 Å². The molecular weight excluding hydrogens is 380 g/mol. The van der Waals surface area contributed by atoms with Crippen LogP contribution in [0.1, 0.15) is 38.7 Å². The Morgan fingerprint density at radius 2 is 1.73 bits per heavy atom. The molecule has 0 saturated carbocycles. The number of benzene rings is 1. The zero-order chi connectivity index (χ0) is 21.5. The van der Waals surface area contributed by atoms with Crippen LogP contribution in [0.3, 0.4) is 0 Å². The number of rotatable bonds is 7. The normalized spacial score (nSPS) is 18.7. The van der Waals surface area contributed by atoms with E-state index >= 15 is 0 Å². The Hall–Kier alpha value is -2.12. The van der Waals surface area contributed by atoms with E-state index < -0.39 is 0 Å². The third-order valence-corrected chi connectivity index (χ3v) is 6.39. The summed E-state index contributed by atoms with van der Waals surface area (Å²) in [4.78, 5) is 30.6. The Morgan fingerprint density at radius 1 is 1.07 bits per heavy atom. The minimum Gasteiger partial charge on any atom is -0.369 e. The van der Waals surface area contributed by atoms with Crippen LogP contribution < -0.4 is 10.4 Å². The molecule has 0 aliphatic carbocycles. The third kappa shape index (κ3) is 5.95. The summed E-state index contributed by atoms with van der Waals surface area (Å²) in [7, 11) is 0. The number of likely N-dealkylation sites (tertiary alicyclic amines) is 1. The lowest BCUT2D eigenvalue weighted by Gasteiger charge is -2.40. The second-order valence-electron chi connectivity index (χ2n) is 8.87. The molecule has 2 N–H and O–H groups in total. The number of nitrogens with zero attached hydrogens (tertiary/aromatic N) is 3. The maximum atomic E-state index is 12.2. The molecule has 166 valence electrons. The number of hydroxylamine groups is 1. The molecular formula is C23H36N4O3. The Kier molecular flexibility index (Phi) is 8.10. The van der Waals surface area contributed by atoms with Crippen LogP contribution in [0, 0.1) is 11.8 Å². The first kappa shape index (κ1) is 22.6. The van der Waals surface area contributed by atoms with Gasteiger partial charge in [-0.15, -0.1) is 0 Å². The van der Waals surface area contributed by atoms with Crippen molar-refractivity contribution in [2.24, 2.45) is 11.8 Å². The summed E-state index contributed by atoms with van der Waals surface area (Å²) >= 11 is 0. The zero-order valence-corrected chi connectivity index (χ0v) is 18.3. The molecule has 0 aromatic heterocycles. The number of piperidine rings is 1. The van der Waals surface area contributed by atoms with Gasteiger partial charge in [0.25, 0.3) is 0 Å². The predicted molar refractivity (Wildman–Crippen MR) is 117 cm³/mol. The summed E-state index contributed by atoms with van der Waals surface area (Å²) in [6, 6.07) is 8.24. The second-order valence-corrected chi connectivity index (χ2v) is 8.87. The van der Waals surface area contributed by atoms with E-state index in [-0.39, 0.29) is 24.2 Å². The van der Waals surface area contributed by atoms with Crippen LogP contribution >= 0.6 is 0 Å². The number of piperazine rings is 1. The first-order chi connectivity index (χ1) is 14.5. The van der Waals surface area contributed by atoms with Gasteiger partial charge in [0, 0.05) is 63.8 Å². The Balaban J connectivity index is 1.46. The van der Waals surface area contributed by atoms with E-state index in [4.69, 9.17) is 5.21 Å². The minimum atomic E-state index is -0.351. The maximum absolute atomic E-state index is 12.2. The van der Waals surface area contributed by atoms with Gasteiger partial charge in [0.2, 0.25) is 11.8 Å². The van der Waals surface area contributed by atoms with Gasteiger partial charge in [-0.1, -0.05) is 32.0 Å². The van der Waals surface area contributed by atoms with Gasteiger partial charge in [-0.25, -0.2) is 5.48 Å².